The number of thioether (sulfide) groups is 1. The Morgan fingerprint density at radius 3 is 2.23 bits per heavy atom. The van der Waals surface area contributed by atoms with Gasteiger partial charge in [0.1, 0.15) is 36.6 Å². The van der Waals surface area contributed by atoms with Crippen LogP contribution < -0.4 is 30.3 Å². The van der Waals surface area contributed by atoms with E-state index in [2.05, 4.69) is 33.9 Å². The molecule has 1 aromatic rings. The largest absolute Gasteiger partial charge is 0.492 e. The summed E-state index contributed by atoms with van der Waals surface area (Å²) in [6.07, 6.45) is -9.49. The quantitative estimate of drug-likeness (QED) is 0.0221. The maximum atomic E-state index is 14.5. The first-order chi connectivity index (χ1) is 42.6. The number of ketones is 1. The number of carbonyl (C=O) groups is 4. The van der Waals surface area contributed by atoms with Crippen molar-refractivity contribution in [1.29, 1.82) is 0 Å². The van der Waals surface area contributed by atoms with Gasteiger partial charge in [-0.1, -0.05) is 64.1 Å². The van der Waals surface area contributed by atoms with Crippen molar-refractivity contribution in [2.75, 3.05) is 54.5 Å². The summed E-state index contributed by atoms with van der Waals surface area (Å²) in [5.74, 6) is 6.71. The summed E-state index contributed by atoms with van der Waals surface area (Å²) in [5, 5.41) is 72.1. The highest BCUT2D eigenvalue weighted by molar-refractivity contribution is 14.1. The number of allylic oxidation sites excluding steroid dienone is 3. The van der Waals surface area contributed by atoms with E-state index < -0.39 is 143 Å². The molecule has 4 fully saturated rings. The number of methoxy groups -OCH3 is 5. The number of rotatable bonds is 25. The second kappa shape index (κ2) is 34.0. The molecular formula is C60H84IN3O23S3. The first-order valence-electron chi connectivity index (χ1n) is 28.9. The molecule has 0 spiro atoms. The molecule has 0 bridgehead atoms. The fraction of sp³-hybridized carbons (Fsp3) is 0.667. The summed E-state index contributed by atoms with van der Waals surface area (Å²) in [5.41, 5.74) is 1.22. The Hall–Kier alpha value is -3.82. The monoisotopic (exact) mass is 1440 g/mol. The van der Waals surface area contributed by atoms with Crippen molar-refractivity contribution in [2.24, 2.45) is 0 Å². The van der Waals surface area contributed by atoms with Crippen LogP contribution in [0.1, 0.15) is 90.1 Å². The zero-order chi connectivity index (χ0) is 66.5. The van der Waals surface area contributed by atoms with E-state index in [1.54, 1.807) is 54.7 Å². The average molecular weight is 1440 g/mol. The van der Waals surface area contributed by atoms with Crippen molar-refractivity contribution < 1.29 is 111 Å². The number of Topliss-reactive ketones (excluding diaryl/α,β-unsaturated/α-hetero) is 1. The number of amides is 1. The number of ether oxygens (including phenoxy) is 12. The van der Waals surface area contributed by atoms with Gasteiger partial charge in [-0.2, -0.15) is 5.48 Å². The Balaban J connectivity index is 1.27. The first-order valence-corrected chi connectivity index (χ1v) is 33.2. The van der Waals surface area contributed by atoms with Gasteiger partial charge in [0.25, 0.3) is 0 Å². The lowest BCUT2D eigenvalue weighted by Crippen LogP contribution is -2.65. The minimum absolute atomic E-state index is 0.00957. The SMILES string of the molecule is C#C/C=C\C#C[C@H](O[C@@H]1O[C@H](C)[C@@H](NO[C@H]2C[C@H](O)[C@H](SC(=O)c3c(C)c(I)c(O[C@@H]4O[C@@H](C)[C@H](O)[C@@H](OC)[C@H]4O)c(OC)c3OC)[C@@H](C)O2)[C@H](O)[C@H]1O[C@H]1C[C@H](OC)[C@@H](NCC)CO1)C1=C(NC(=O)OC)C(=O)C[C@](C)(O)/C1=C/CSSC(C)(C)CC(=O)O. The number of hydrogen-bond acceptors (Lipinski definition) is 27. The van der Waals surface area contributed by atoms with Gasteiger partial charge < -0.3 is 92.8 Å². The molecule has 1 aromatic carbocycles. The standard InChI is InChI=1S/C60H84IN3O23S3/c1-15-17-18-19-20-36(42-32(21-22-88-90-59(7,8)26-38(67)68)60(9,74)25-35(66)45(42)63-58(73)79-14)84-57-52(85-39-24-37(75-10)33(27-80-39)62-16-2)47(70)44(29(4)82-57)64-87-40-23-34(65)54(31(6)81-40)89-55(72)41-28(3)43(61)50(53(78-13)49(41)76-11)86-56-48(71)51(77-12)46(69)30(5)83-56/h1,17-18,21,29-31,33-34,36-37,39-40,44,46-48,51-52,54,56-57,62,64-65,69-71,74H,16,22-27H2,2-14H3,(H,63,73)(H,67,68)/b18-17-,32-21+/t29-,30+,31-,33+,34+,36+,37+,39+,40+,44-,46+,47+,48-,51-,52-,54-,56+,57+,60+/m1/s1. The third kappa shape index (κ3) is 18.6. The van der Waals surface area contributed by atoms with Gasteiger partial charge in [0.15, 0.2) is 36.2 Å². The van der Waals surface area contributed by atoms with E-state index in [0.717, 1.165) is 18.9 Å². The van der Waals surface area contributed by atoms with Crippen LogP contribution in [0.2, 0.25) is 0 Å². The molecule has 0 aromatic heterocycles. The number of aliphatic carboxylic acids is 1. The van der Waals surface area contributed by atoms with E-state index in [4.69, 9.17) is 68.1 Å². The lowest BCUT2D eigenvalue weighted by molar-refractivity contribution is -0.336. The second-order valence-corrected chi connectivity index (χ2v) is 27.8. The summed E-state index contributed by atoms with van der Waals surface area (Å²) in [6, 6.07) is -1.36. The number of hydroxylamine groups is 1. The number of carbonyl (C=O) groups excluding carboxylic acids is 3. The van der Waals surface area contributed by atoms with Crippen LogP contribution in [0.3, 0.4) is 0 Å². The van der Waals surface area contributed by atoms with E-state index in [0.29, 0.717) is 15.7 Å². The number of halogens is 1. The Kier molecular flexibility index (Phi) is 28.4. The Bertz CT molecular complexity index is 2870. The molecule has 5 aliphatic rings. The van der Waals surface area contributed by atoms with Crippen molar-refractivity contribution >= 4 is 78.9 Å². The summed E-state index contributed by atoms with van der Waals surface area (Å²) >= 11 is 2.79. The second-order valence-electron chi connectivity index (χ2n) is 22.6. The van der Waals surface area contributed by atoms with Crippen LogP contribution in [0, 0.1) is 34.7 Å². The van der Waals surface area contributed by atoms with E-state index >= 15 is 0 Å². The van der Waals surface area contributed by atoms with E-state index in [1.807, 2.05) is 29.5 Å². The van der Waals surface area contributed by atoms with Crippen LogP contribution in [0.15, 0.2) is 35.1 Å². The number of aliphatic hydroxyl groups is 5. The summed E-state index contributed by atoms with van der Waals surface area (Å²) in [7, 11) is 9.29. The molecule has 19 atom stereocenters. The molecule has 4 saturated heterocycles. The molecule has 4 aliphatic heterocycles. The Labute approximate surface area is 550 Å². The predicted molar refractivity (Wildman–Crippen MR) is 339 cm³/mol. The highest BCUT2D eigenvalue weighted by Gasteiger charge is 2.52. The number of carboxylic acids is 1. The number of aliphatic hydroxyl groups excluding tert-OH is 4. The van der Waals surface area contributed by atoms with Gasteiger partial charge in [0.05, 0.1) is 103 Å². The molecule has 0 unspecified atom stereocenters. The van der Waals surface area contributed by atoms with Gasteiger partial charge in [-0.3, -0.25) is 24.5 Å². The molecule has 30 heteroatoms. The van der Waals surface area contributed by atoms with Crippen molar-refractivity contribution in [3.8, 4) is 41.4 Å². The molecule has 90 heavy (non-hydrogen) atoms. The average Bonchev–Trinajstić information content (AvgIpc) is 0.850. The lowest BCUT2D eigenvalue weighted by atomic mass is 9.76. The molecule has 26 nitrogen and oxygen atoms in total. The van der Waals surface area contributed by atoms with Gasteiger partial charge in [-0.15, -0.1) is 6.42 Å². The highest BCUT2D eigenvalue weighted by atomic mass is 127. The number of benzene rings is 1. The number of nitrogens with one attached hydrogen (secondary N) is 3. The normalized spacial score (nSPS) is 33.2. The predicted octanol–water partition coefficient (Wildman–Crippen LogP) is 3.81. The van der Waals surface area contributed by atoms with E-state index in [9.17, 15) is 49.8 Å². The summed E-state index contributed by atoms with van der Waals surface area (Å²) in [4.78, 5) is 59.4. The molecule has 1 aliphatic carbocycles. The molecule has 0 radical (unpaired) electrons. The molecule has 0 saturated carbocycles. The highest BCUT2D eigenvalue weighted by Crippen LogP contribution is 2.49. The van der Waals surface area contributed by atoms with Crippen molar-refractivity contribution in [2.45, 2.75) is 201 Å². The van der Waals surface area contributed by atoms with Gasteiger partial charge in [-0.05, 0) is 101 Å². The number of likely N-dealkylation sites (N-methyl/N-ethyl adjacent to an activating group) is 1. The summed E-state index contributed by atoms with van der Waals surface area (Å²) in [6.45, 7) is 14.2. The van der Waals surface area contributed by atoms with Gasteiger partial charge in [-0.25, -0.2) is 4.79 Å². The van der Waals surface area contributed by atoms with Gasteiger partial charge in [0, 0.05) is 49.6 Å². The smallest absolute Gasteiger partial charge is 0.411 e. The maximum absolute atomic E-state index is 14.5. The van der Waals surface area contributed by atoms with Crippen LogP contribution >= 0.6 is 55.9 Å². The number of carboxylic acid groups (broad SMARTS) is 1. The van der Waals surface area contributed by atoms with Crippen LogP contribution in [0.5, 0.6) is 17.2 Å². The van der Waals surface area contributed by atoms with Crippen LogP contribution in [0.25, 0.3) is 0 Å². The molecule has 4 heterocycles. The molecule has 1 amide bonds. The molecular weight excluding hydrogens is 1350 g/mol. The van der Waals surface area contributed by atoms with E-state index in [-0.39, 0.29) is 77.3 Å². The lowest BCUT2D eigenvalue weighted by Gasteiger charge is -2.46. The topological polar surface area (TPSA) is 346 Å². The molecule has 502 valence electrons. The maximum Gasteiger partial charge on any atom is 0.411 e. The van der Waals surface area contributed by atoms with E-state index in [1.165, 1.54) is 62.0 Å². The fourth-order valence-corrected chi connectivity index (χ4v) is 15.1. The third-order valence-corrected chi connectivity index (χ3v) is 21.3. The minimum atomic E-state index is -1.90. The molecule has 9 N–H and O–H groups in total. The van der Waals surface area contributed by atoms with Crippen molar-refractivity contribution in [3.63, 3.8) is 0 Å². The summed E-state index contributed by atoms with van der Waals surface area (Å²) < 4.78 is 71.9. The Morgan fingerprint density at radius 1 is 0.911 bits per heavy atom. The zero-order valence-electron chi connectivity index (χ0n) is 52.4. The van der Waals surface area contributed by atoms with Gasteiger partial charge in [0.2, 0.25) is 17.2 Å². The number of hydrogen-bond donors (Lipinski definition) is 9. The fourth-order valence-electron chi connectivity index (χ4n) is 10.9. The molecule has 6 rings (SSSR count). The van der Waals surface area contributed by atoms with Crippen LogP contribution in [-0.4, -0.2) is 228 Å². The zero-order valence-corrected chi connectivity index (χ0v) is 57.0. The number of terminal acetylenes is 1. The third-order valence-electron chi connectivity index (χ3n) is 15.5. The minimum Gasteiger partial charge on any atom is -0.492 e. The van der Waals surface area contributed by atoms with Crippen molar-refractivity contribution in [3.05, 3.63) is 49.8 Å². The Morgan fingerprint density at radius 2 is 1.61 bits per heavy atom. The van der Waals surface area contributed by atoms with Crippen molar-refractivity contribution in [1.82, 2.24) is 16.1 Å². The van der Waals surface area contributed by atoms with Gasteiger partial charge >= 0.3 is 12.1 Å². The van der Waals surface area contributed by atoms with Crippen LogP contribution in [0.4, 0.5) is 4.79 Å². The van der Waals surface area contributed by atoms with Crippen LogP contribution in [-0.2, 0) is 57.1 Å². The number of alkyl carbamates (subject to hydrolysis) is 1. The first kappa shape index (κ1) is 75.2.